The van der Waals surface area contributed by atoms with Gasteiger partial charge in [-0.3, -0.25) is 4.79 Å². The summed E-state index contributed by atoms with van der Waals surface area (Å²) in [6.45, 7) is 4.46. The smallest absolute Gasteiger partial charge is 0.260 e. The molecule has 0 aliphatic carbocycles. The molecule has 1 heterocycles. The zero-order chi connectivity index (χ0) is 16.9. The standard InChI is InChI=1S/C19H21NO4/c1-13-7-3-4-8-16(13)23-14(2)19(21)20-11-15-12-22-17-9-5-6-10-18(17)24-15/h3-10,14-15H,11-12H2,1-2H3,(H,20,21). The lowest BCUT2D eigenvalue weighted by molar-refractivity contribution is -0.127. The molecule has 5 heteroatoms. The van der Waals surface area contributed by atoms with E-state index in [0.717, 1.165) is 11.3 Å². The lowest BCUT2D eigenvalue weighted by atomic mass is 10.2. The molecule has 2 aromatic rings. The first-order valence-corrected chi connectivity index (χ1v) is 8.02. The second-order valence-electron chi connectivity index (χ2n) is 5.77. The number of carbonyl (C=O) groups excluding carboxylic acids is 1. The number of hydrogen-bond acceptors (Lipinski definition) is 4. The topological polar surface area (TPSA) is 56.8 Å². The molecule has 0 radical (unpaired) electrons. The van der Waals surface area contributed by atoms with Gasteiger partial charge in [0.25, 0.3) is 5.91 Å². The van der Waals surface area contributed by atoms with Gasteiger partial charge >= 0.3 is 0 Å². The molecule has 0 saturated carbocycles. The molecule has 3 rings (SSSR count). The Balaban J connectivity index is 1.50. The summed E-state index contributed by atoms with van der Waals surface area (Å²) in [5, 5.41) is 2.85. The fourth-order valence-electron chi connectivity index (χ4n) is 2.45. The van der Waals surface area contributed by atoms with Crippen molar-refractivity contribution in [3.05, 3.63) is 54.1 Å². The van der Waals surface area contributed by atoms with E-state index >= 15 is 0 Å². The highest BCUT2D eigenvalue weighted by molar-refractivity contribution is 5.80. The van der Waals surface area contributed by atoms with Crippen LogP contribution < -0.4 is 19.5 Å². The fraction of sp³-hybridized carbons (Fsp3) is 0.316. The van der Waals surface area contributed by atoms with Crippen LogP contribution in [0.2, 0.25) is 0 Å². The highest BCUT2D eigenvalue weighted by Gasteiger charge is 2.22. The second kappa shape index (κ2) is 7.25. The Kier molecular flexibility index (Phi) is 4.89. The Labute approximate surface area is 141 Å². The van der Waals surface area contributed by atoms with Crippen LogP contribution >= 0.6 is 0 Å². The van der Waals surface area contributed by atoms with Gasteiger partial charge in [-0.1, -0.05) is 30.3 Å². The molecule has 126 valence electrons. The Morgan fingerprint density at radius 3 is 2.71 bits per heavy atom. The first-order chi connectivity index (χ1) is 11.6. The number of amides is 1. The van der Waals surface area contributed by atoms with E-state index in [1.165, 1.54) is 0 Å². The third kappa shape index (κ3) is 3.79. The van der Waals surface area contributed by atoms with Crippen LogP contribution in [0.1, 0.15) is 12.5 Å². The molecule has 0 spiro atoms. The van der Waals surface area contributed by atoms with Crippen molar-refractivity contribution in [2.75, 3.05) is 13.2 Å². The van der Waals surface area contributed by atoms with E-state index in [0.29, 0.717) is 24.7 Å². The molecule has 24 heavy (non-hydrogen) atoms. The largest absolute Gasteiger partial charge is 0.486 e. The molecule has 1 aliphatic heterocycles. The lowest BCUT2D eigenvalue weighted by Gasteiger charge is -2.27. The molecule has 1 aliphatic rings. The summed E-state index contributed by atoms with van der Waals surface area (Å²) in [4.78, 5) is 12.2. The van der Waals surface area contributed by atoms with E-state index in [-0.39, 0.29) is 12.0 Å². The molecule has 0 bridgehead atoms. The van der Waals surface area contributed by atoms with Gasteiger partial charge in [-0.25, -0.2) is 0 Å². The van der Waals surface area contributed by atoms with Gasteiger partial charge in [0, 0.05) is 0 Å². The van der Waals surface area contributed by atoms with Crippen molar-refractivity contribution in [3.8, 4) is 17.2 Å². The molecule has 0 saturated heterocycles. The summed E-state index contributed by atoms with van der Waals surface area (Å²) in [5.41, 5.74) is 0.998. The average molecular weight is 327 g/mol. The van der Waals surface area contributed by atoms with Gasteiger partial charge in [-0.15, -0.1) is 0 Å². The molecule has 2 atom stereocenters. The van der Waals surface area contributed by atoms with Gasteiger partial charge < -0.3 is 19.5 Å². The van der Waals surface area contributed by atoms with Crippen molar-refractivity contribution in [3.63, 3.8) is 0 Å². The predicted molar refractivity (Wildman–Crippen MR) is 90.6 cm³/mol. The zero-order valence-corrected chi connectivity index (χ0v) is 13.8. The zero-order valence-electron chi connectivity index (χ0n) is 13.8. The summed E-state index contributed by atoms with van der Waals surface area (Å²) >= 11 is 0. The number of carbonyl (C=O) groups is 1. The minimum absolute atomic E-state index is 0.180. The van der Waals surface area contributed by atoms with Crippen molar-refractivity contribution in [2.24, 2.45) is 0 Å². The van der Waals surface area contributed by atoms with Crippen LogP contribution in [0.5, 0.6) is 17.2 Å². The molecule has 2 aromatic carbocycles. The van der Waals surface area contributed by atoms with Crippen LogP contribution in [0.15, 0.2) is 48.5 Å². The minimum Gasteiger partial charge on any atom is -0.486 e. The van der Waals surface area contributed by atoms with Gasteiger partial charge in [-0.05, 0) is 37.6 Å². The Morgan fingerprint density at radius 1 is 1.21 bits per heavy atom. The number of hydrogen-bond donors (Lipinski definition) is 1. The summed E-state index contributed by atoms with van der Waals surface area (Å²) in [7, 11) is 0. The number of benzene rings is 2. The second-order valence-corrected chi connectivity index (χ2v) is 5.77. The van der Waals surface area contributed by atoms with Gasteiger partial charge in [-0.2, -0.15) is 0 Å². The average Bonchev–Trinajstić information content (AvgIpc) is 2.61. The number of ether oxygens (including phenoxy) is 3. The van der Waals surface area contributed by atoms with Crippen LogP contribution in [-0.2, 0) is 4.79 Å². The quantitative estimate of drug-likeness (QED) is 0.917. The maximum atomic E-state index is 12.2. The number of fused-ring (bicyclic) bond motifs is 1. The number of para-hydroxylation sites is 3. The number of aryl methyl sites for hydroxylation is 1. The van der Waals surface area contributed by atoms with E-state index in [9.17, 15) is 4.79 Å². The van der Waals surface area contributed by atoms with Crippen LogP contribution in [0.25, 0.3) is 0 Å². The molecule has 1 N–H and O–H groups in total. The normalized spacial score (nSPS) is 17.0. The van der Waals surface area contributed by atoms with E-state index in [2.05, 4.69) is 5.32 Å². The SMILES string of the molecule is Cc1ccccc1OC(C)C(=O)NCC1COc2ccccc2O1. The van der Waals surface area contributed by atoms with Crippen molar-refractivity contribution in [1.29, 1.82) is 0 Å². The van der Waals surface area contributed by atoms with Crippen LogP contribution in [0, 0.1) is 6.92 Å². The molecule has 2 unspecified atom stereocenters. The van der Waals surface area contributed by atoms with Crippen molar-refractivity contribution < 1.29 is 19.0 Å². The summed E-state index contributed by atoms with van der Waals surface area (Å²) in [6.07, 6.45) is -0.794. The summed E-state index contributed by atoms with van der Waals surface area (Å²) in [5.74, 6) is 1.97. The van der Waals surface area contributed by atoms with Gasteiger partial charge in [0.2, 0.25) is 0 Å². The molecule has 1 amide bonds. The van der Waals surface area contributed by atoms with E-state index in [1.807, 2.05) is 55.5 Å². The predicted octanol–water partition coefficient (Wildman–Crippen LogP) is 2.72. The van der Waals surface area contributed by atoms with Crippen LogP contribution in [0.3, 0.4) is 0 Å². The van der Waals surface area contributed by atoms with E-state index in [4.69, 9.17) is 14.2 Å². The molecule has 0 fully saturated rings. The third-order valence-electron chi connectivity index (χ3n) is 3.84. The summed E-state index contributed by atoms with van der Waals surface area (Å²) < 4.78 is 17.2. The lowest BCUT2D eigenvalue weighted by Crippen LogP contribution is -2.44. The molecular weight excluding hydrogens is 306 g/mol. The molecule has 5 nitrogen and oxygen atoms in total. The molecular formula is C19H21NO4. The van der Waals surface area contributed by atoms with E-state index in [1.54, 1.807) is 6.92 Å². The first-order valence-electron chi connectivity index (χ1n) is 8.02. The first kappa shape index (κ1) is 16.2. The highest BCUT2D eigenvalue weighted by atomic mass is 16.6. The number of rotatable bonds is 5. The third-order valence-corrected chi connectivity index (χ3v) is 3.84. The Morgan fingerprint density at radius 2 is 1.92 bits per heavy atom. The van der Waals surface area contributed by atoms with Gasteiger partial charge in [0.1, 0.15) is 18.5 Å². The van der Waals surface area contributed by atoms with Crippen molar-refractivity contribution >= 4 is 5.91 Å². The maximum Gasteiger partial charge on any atom is 0.260 e. The fourth-order valence-corrected chi connectivity index (χ4v) is 2.45. The van der Waals surface area contributed by atoms with Gasteiger partial charge in [0.15, 0.2) is 17.6 Å². The van der Waals surface area contributed by atoms with Crippen LogP contribution in [-0.4, -0.2) is 31.3 Å². The molecule has 0 aromatic heterocycles. The van der Waals surface area contributed by atoms with Crippen LogP contribution in [0.4, 0.5) is 0 Å². The van der Waals surface area contributed by atoms with Crippen molar-refractivity contribution in [2.45, 2.75) is 26.1 Å². The van der Waals surface area contributed by atoms with Crippen molar-refractivity contribution in [1.82, 2.24) is 5.32 Å². The number of nitrogens with one attached hydrogen (secondary N) is 1. The monoisotopic (exact) mass is 327 g/mol. The van der Waals surface area contributed by atoms with Gasteiger partial charge in [0.05, 0.1) is 6.54 Å². The van der Waals surface area contributed by atoms with E-state index < -0.39 is 6.10 Å². The minimum atomic E-state index is -0.581. The highest BCUT2D eigenvalue weighted by Crippen LogP contribution is 2.30. The summed E-state index contributed by atoms with van der Waals surface area (Å²) in [6, 6.07) is 15.1. The Hall–Kier alpha value is -2.69. The maximum absolute atomic E-state index is 12.2. The Bertz CT molecular complexity index is 716.